The summed E-state index contributed by atoms with van der Waals surface area (Å²) in [7, 11) is 0. The minimum absolute atomic E-state index is 0.446. The summed E-state index contributed by atoms with van der Waals surface area (Å²) in [5, 5.41) is 3.86. The molecule has 1 aromatic rings. The number of hydrogen-bond donors (Lipinski definition) is 0. The molecule has 0 aromatic carbocycles. The summed E-state index contributed by atoms with van der Waals surface area (Å²) >= 11 is 1.82. The van der Waals surface area contributed by atoms with Crippen LogP contribution in [0.25, 0.3) is 0 Å². The Morgan fingerprint density at radius 2 is 2.24 bits per heavy atom. The first-order valence-corrected chi connectivity index (χ1v) is 6.95. The lowest BCUT2D eigenvalue weighted by Crippen LogP contribution is -1.98. The van der Waals surface area contributed by atoms with E-state index >= 15 is 0 Å². The van der Waals surface area contributed by atoms with Crippen LogP contribution in [0.5, 0.6) is 0 Å². The number of nitrogens with zero attached hydrogens (tertiary/aromatic N) is 2. The molecular weight excluding hydrogens is 232 g/mol. The highest BCUT2D eigenvalue weighted by atomic mass is 32.2. The second-order valence-electron chi connectivity index (χ2n) is 3.89. The Morgan fingerprint density at radius 3 is 2.82 bits per heavy atom. The summed E-state index contributed by atoms with van der Waals surface area (Å²) in [6.07, 6.45) is 3.55. The highest BCUT2D eigenvalue weighted by Gasteiger charge is 2.08. The fourth-order valence-corrected chi connectivity index (χ4v) is 2.38. The summed E-state index contributed by atoms with van der Waals surface area (Å²) in [5.41, 5.74) is 2.14. The molecule has 0 aliphatic rings. The van der Waals surface area contributed by atoms with Crippen LogP contribution in [0.3, 0.4) is 0 Å². The quantitative estimate of drug-likeness (QED) is 0.440. The molecule has 0 fully saturated rings. The molecule has 0 saturated carbocycles. The molecule has 0 atom stereocenters. The van der Waals surface area contributed by atoms with E-state index in [1.165, 1.54) is 4.90 Å². The standard InChI is InChI=1S/C13H20N2OS/c1-5-16-15-9-11-7-12(17-6-2)13(10(3)4)14-8-11/h7-10H,5-6H2,1-4H3/b15-9+. The van der Waals surface area contributed by atoms with Gasteiger partial charge in [-0.1, -0.05) is 25.9 Å². The van der Waals surface area contributed by atoms with Crippen molar-refractivity contribution in [2.75, 3.05) is 12.4 Å². The topological polar surface area (TPSA) is 34.5 Å². The van der Waals surface area contributed by atoms with E-state index in [-0.39, 0.29) is 0 Å². The Labute approximate surface area is 108 Å². The maximum Gasteiger partial charge on any atom is 0.114 e. The zero-order valence-electron chi connectivity index (χ0n) is 10.9. The van der Waals surface area contributed by atoms with Crippen molar-refractivity contribution in [2.45, 2.75) is 38.5 Å². The van der Waals surface area contributed by atoms with Crippen molar-refractivity contribution in [3.8, 4) is 0 Å². The van der Waals surface area contributed by atoms with E-state index in [0.717, 1.165) is 17.0 Å². The Hall–Kier alpha value is -1.03. The summed E-state index contributed by atoms with van der Waals surface area (Å²) in [5.74, 6) is 1.50. The zero-order chi connectivity index (χ0) is 12.7. The number of aromatic nitrogens is 1. The van der Waals surface area contributed by atoms with Crippen LogP contribution in [-0.4, -0.2) is 23.6 Å². The van der Waals surface area contributed by atoms with E-state index < -0.39 is 0 Å². The van der Waals surface area contributed by atoms with Gasteiger partial charge in [-0.15, -0.1) is 11.8 Å². The van der Waals surface area contributed by atoms with Crippen LogP contribution >= 0.6 is 11.8 Å². The molecule has 0 spiro atoms. The molecule has 3 nitrogen and oxygen atoms in total. The lowest BCUT2D eigenvalue weighted by molar-refractivity contribution is 0.160. The average molecular weight is 252 g/mol. The largest absolute Gasteiger partial charge is 0.396 e. The van der Waals surface area contributed by atoms with Gasteiger partial charge < -0.3 is 4.84 Å². The summed E-state index contributed by atoms with van der Waals surface area (Å²) in [6.45, 7) is 8.97. The van der Waals surface area contributed by atoms with Gasteiger partial charge in [0.2, 0.25) is 0 Å². The predicted octanol–water partition coefficient (Wildman–Crippen LogP) is 3.69. The maximum atomic E-state index is 4.95. The number of hydrogen-bond acceptors (Lipinski definition) is 4. The second-order valence-corrected chi connectivity index (χ2v) is 5.20. The minimum atomic E-state index is 0.446. The maximum absolute atomic E-state index is 4.95. The first-order valence-electron chi connectivity index (χ1n) is 5.97. The number of thioether (sulfide) groups is 1. The zero-order valence-corrected chi connectivity index (χ0v) is 11.8. The highest BCUT2D eigenvalue weighted by molar-refractivity contribution is 7.99. The normalized spacial score (nSPS) is 11.4. The third-order valence-corrected chi connectivity index (χ3v) is 3.08. The van der Waals surface area contributed by atoms with Crippen LogP contribution in [0.4, 0.5) is 0 Å². The van der Waals surface area contributed by atoms with Crippen molar-refractivity contribution < 1.29 is 4.84 Å². The summed E-state index contributed by atoms with van der Waals surface area (Å²) < 4.78 is 0. The first kappa shape index (κ1) is 14.0. The van der Waals surface area contributed by atoms with E-state index in [4.69, 9.17) is 4.84 Å². The van der Waals surface area contributed by atoms with Crippen LogP contribution in [0.1, 0.15) is 44.9 Å². The molecular formula is C13H20N2OS. The molecule has 0 bridgehead atoms. The van der Waals surface area contributed by atoms with Crippen molar-refractivity contribution in [2.24, 2.45) is 5.16 Å². The SMILES string of the molecule is CCO/N=C/c1cnc(C(C)C)c(SCC)c1. The van der Waals surface area contributed by atoms with Crippen LogP contribution in [0, 0.1) is 0 Å². The summed E-state index contributed by atoms with van der Waals surface area (Å²) in [4.78, 5) is 10.7. The lowest BCUT2D eigenvalue weighted by atomic mass is 10.1. The molecule has 0 saturated heterocycles. The van der Waals surface area contributed by atoms with Gasteiger partial charge in [-0.25, -0.2) is 0 Å². The van der Waals surface area contributed by atoms with E-state index in [0.29, 0.717) is 12.5 Å². The van der Waals surface area contributed by atoms with Crippen LogP contribution in [-0.2, 0) is 4.84 Å². The molecule has 17 heavy (non-hydrogen) atoms. The Bertz CT molecular complexity index is 378. The van der Waals surface area contributed by atoms with Gasteiger partial charge in [0, 0.05) is 16.7 Å². The molecule has 0 aliphatic carbocycles. The highest BCUT2D eigenvalue weighted by Crippen LogP contribution is 2.27. The minimum Gasteiger partial charge on any atom is -0.396 e. The van der Waals surface area contributed by atoms with E-state index in [1.54, 1.807) is 6.21 Å². The van der Waals surface area contributed by atoms with Gasteiger partial charge in [-0.3, -0.25) is 4.98 Å². The van der Waals surface area contributed by atoms with Gasteiger partial charge in [-0.2, -0.15) is 0 Å². The Morgan fingerprint density at radius 1 is 1.47 bits per heavy atom. The number of rotatable bonds is 6. The van der Waals surface area contributed by atoms with Crippen LogP contribution in [0.15, 0.2) is 22.3 Å². The van der Waals surface area contributed by atoms with E-state index in [2.05, 4.69) is 37.0 Å². The molecule has 0 N–H and O–H groups in total. The van der Waals surface area contributed by atoms with Gasteiger partial charge >= 0.3 is 0 Å². The number of pyridine rings is 1. The van der Waals surface area contributed by atoms with Crippen molar-refractivity contribution in [1.82, 2.24) is 4.98 Å². The molecule has 94 valence electrons. The van der Waals surface area contributed by atoms with Crippen molar-refractivity contribution in [1.29, 1.82) is 0 Å². The smallest absolute Gasteiger partial charge is 0.114 e. The van der Waals surface area contributed by atoms with Gasteiger partial charge in [0.15, 0.2) is 0 Å². The fraction of sp³-hybridized carbons (Fsp3) is 0.538. The molecule has 1 heterocycles. The molecule has 1 rings (SSSR count). The average Bonchev–Trinajstić information content (AvgIpc) is 2.30. The third kappa shape index (κ3) is 4.38. The van der Waals surface area contributed by atoms with E-state index in [1.807, 2.05) is 24.9 Å². The molecule has 0 aliphatic heterocycles. The predicted molar refractivity (Wildman–Crippen MR) is 73.9 cm³/mol. The van der Waals surface area contributed by atoms with Gasteiger partial charge in [0.25, 0.3) is 0 Å². The van der Waals surface area contributed by atoms with Gasteiger partial charge in [-0.05, 0) is 24.7 Å². The summed E-state index contributed by atoms with van der Waals surface area (Å²) in [6, 6.07) is 2.12. The fourth-order valence-electron chi connectivity index (χ4n) is 1.42. The third-order valence-electron chi connectivity index (χ3n) is 2.16. The van der Waals surface area contributed by atoms with Crippen molar-refractivity contribution in [3.05, 3.63) is 23.5 Å². The molecule has 1 aromatic heterocycles. The molecule has 0 amide bonds. The monoisotopic (exact) mass is 252 g/mol. The molecule has 4 heteroatoms. The van der Waals surface area contributed by atoms with Crippen LogP contribution < -0.4 is 0 Å². The molecule has 0 radical (unpaired) electrons. The van der Waals surface area contributed by atoms with Crippen LogP contribution in [0.2, 0.25) is 0 Å². The van der Waals surface area contributed by atoms with E-state index in [9.17, 15) is 0 Å². The van der Waals surface area contributed by atoms with Crippen molar-refractivity contribution >= 4 is 18.0 Å². The number of oxime groups is 1. The first-order chi connectivity index (χ1) is 8.19. The van der Waals surface area contributed by atoms with Crippen molar-refractivity contribution in [3.63, 3.8) is 0 Å². The Balaban J connectivity index is 2.92. The Kier molecular flexibility index (Phi) is 6.05. The lowest BCUT2D eigenvalue weighted by Gasteiger charge is -2.10. The van der Waals surface area contributed by atoms with Gasteiger partial charge in [0.1, 0.15) is 6.61 Å². The van der Waals surface area contributed by atoms with Gasteiger partial charge in [0.05, 0.1) is 11.9 Å². The second kappa shape index (κ2) is 7.33. The molecule has 0 unspecified atom stereocenters.